The molecule has 0 saturated carbocycles. The summed E-state index contributed by atoms with van der Waals surface area (Å²) >= 11 is -6.13. The number of hydrogen-bond donors (Lipinski definition) is 1. The number of halogens is 26. The van der Waals surface area contributed by atoms with Crippen LogP contribution in [0.3, 0.4) is 0 Å². The van der Waals surface area contributed by atoms with Crippen LogP contribution in [0.25, 0.3) is 0 Å². The molecule has 0 rings (SSSR count). The van der Waals surface area contributed by atoms with Gasteiger partial charge in [0.15, 0.2) is 0 Å². The molecule has 0 heterocycles. The Bertz CT molecular complexity index is 854. The topological polar surface area (TPSA) is 12.0 Å². The summed E-state index contributed by atoms with van der Waals surface area (Å²) < 4.78 is 333. The van der Waals surface area contributed by atoms with Crippen molar-refractivity contribution in [2.45, 2.75) is 70.2 Å². The van der Waals surface area contributed by atoms with Crippen LogP contribution in [0.5, 0.6) is 0 Å². The predicted octanol–water partition coefficient (Wildman–Crippen LogP) is 9.27. The predicted molar refractivity (Wildman–Crippen MR) is 79.9 cm³/mol. The van der Waals surface area contributed by atoms with Crippen LogP contribution in [-0.4, -0.2) is 70.2 Å². The first-order chi connectivity index (χ1) is 17.2. The fraction of sp³-hybridized carbons (Fsp3) is 1.00. The lowest BCUT2D eigenvalue weighted by Gasteiger charge is -2.40. The van der Waals surface area contributed by atoms with E-state index in [0.29, 0.717) is 0 Å². The molecule has 0 bridgehead atoms. The summed E-state index contributed by atoms with van der Waals surface area (Å²) in [7, 11) is 0. The van der Waals surface area contributed by atoms with E-state index < -0.39 is 98.3 Å². The summed E-state index contributed by atoms with van der Waals surface area (Å²) in [5.41, 5.74) is 0. The number of rotatable bonds is 12. The summed E-state index contributed by atoms with van der Waals surface area (Å²) in [6.45, 7) is 0. The van der Waals surface area contributed by atoms with Crippen molar-refractivity contribution in [1.82, 2.24) is 4.13 Å². The Morgan fingerprint density at radius 1 is 0.244 bits per heavy atom. The van der Waals surface area contributed by atoms with Crippen molar-refractivity contribution in [3.63, 3.8) is 0 Å². The van der Waals surface area contributed by atoms with Gasteiger partial charge in [-0.1, -0.05) is 0 Å². The van der Waals surface area contributed by atoms with Crippen molar-refractivity contribution in [2.24, 2.45) is 0 Å². The zero-order chi connectivity index (χ0) is 34.1. The first kappa shape index (κ1) is 39.8. The maximum absolute atomic E-state index is 13.4. The molecule has 0 amide bonds. The van der Waals surface area contributed by atoms with Crippen LogP contribution in [0.4, 0.5) is 114 Å². The third-order valence-corrected chi connectivity index (χ3v) is 5.84. The van der Waals surface area contributed by atoms with Gasteiger partial charge in [0.05, 0.1) is 0 Å². The lowest BCUT2D eigenvalue weighted by atomic mass is 9.98. The Balaban J connectivity index is 6.28. The summed E-state index contributed by atoms with van der Waals surface area (Å²) in [5, 5.41) is -14.9. The molecule has 0 unspecified atom stereocenters. The van der Waals surface area contributed by atoms with Crippen LogP contribution in [0.2, 0.25) is 0 Å². The second-order valence-corrected chi connectivity index (χ2v) is 9.01. The monoisotopic (exact) mass is 717 g/mol. The van der Waals surface area contributed by atoms with Crippen molar-refractivity contribution in [3.8, 4) is 0 Å². The summed E-state index contributed by atoms with van der Waals surface area (Å²) in [6.07, 6.45) is -15.8. The van der Waals surface area contributed by atoms with Crippen LogP contribution >= 0.6 is 23.9 Å². The minimum atomic E-state index is -8.56. The van der Waals surface area contributed by atoms with Crippen molar-refractivity contribution >= 4 is 23.9 Å². The van der Waals surface area contributed by atoms with Gasteiger partial charge in [-0.25, -0.2) is 0 Å². The number of hydrogen-bond acceptors (Lipinski definition) is 3. The molecule has 248 valence electrons. The fourth-order valence-corrected chi connectivity index (χ4v) is 3.28. The molecule has 41 heavy (non-hydrogen) atoms. The molecule has 0 aromatic heterocycles. The Hall–Kier alpha value is -1.16. The fourth-order valence-electron chi connectivity index (χ4n) is 1.76. The minimum absolute atomic E-state index is 0.539. The van der Waals surface area contributed by atoms with E-state index >= 15 is 0 Å². The van der Waals surface area contributed by atoms with E-state index in [9.17, 15) is 114 Å². The Morgan fingerprint density at radius 2 is 0.415 bits per heavy atom. The smallest absolute Gasteiger partial charge is 0.198 e. The van der Waals surface area contributed by atoms with Gasteiger partial charge >= 0.3 is 70.2 Å². The standard InChI is InChI=1S/C12HF26NS2/c13-1(14,5(21,22)9(29,30)31)3(17,18)7(25,26)11(35,36)40-39-41-12(37,38)8(27,28)4(19,20)2(15,16)6(23,24)10(32,33)34/h39H. The SMILES string of the molecule is FC(F)(F)C(F)(F)C(F)(F)C(F)(F)C(F)(F)C(F)(F)SNSC(F)(F)C(F)(F)C(F)(F)C(F)(F)C(F)(F)C(F)(F)F. The Labute approximate surface area is 213 Å². The maximum atomic E-state index is 13.4. The van der Waals surface area contributed by atoms with E-state index in [1.807, 2.05) is 0 Å². The van der Waals surface area contributed by atoms with Crippen molar-refractivity contribution < 1.29 is 114 Å². The molecule has 1 nitrogen and oxygen atoms in total. The molecule has 0 saturated heterocycles. The molecular formula is C12HF26NS2. The summed E-state index contributed by atoms with van der Waals surface area (Å²) in [5.74, 6) is -67.3. The molecule has 0 aliphatic heterocycles. The Morgan fingerprint density at radius 3 is 0.585 bits per heavy atom. The van der Waals surface area contributed by atoms with Gasteiger partial charge in [-0.05, 0) is 0 Å². The molecule has 0 radical (unpaired) electrons. The quantitative estimate of drug-likeness (QED) is 0.160. The van der Waals surface area contributed by atoms with Crippen LogP contribution in [0.15, 0.2) is 0 Å². The van der Waals surface area contributed by atoms with Gasteiger partial charge < -0.3 is 0 Å². The molecule has 0 fully saturated rings. The first-order valence-corrected chi connectivity index (χ1v) is 9.86. The van der Waals surface area contributed by atoms with Crippen molar-refractivity contribution in [2.75, 3.05) is 0 Å². The summed E-state index contributed by atoms with van der Waals surface area (Å²) in [6, 6.07) is 0. The molecular weight excluding hydrogens is 716 g/mol. The van der Waals surface area contributed by atoms with Crippen LogP contribution in [0.1, 0.15) is 0 Å². The van der Waals surface area contributed by atoms with Gasteiger partial charge in [0, 0.05) is 23.9 Å². The Kier molecular flexibility index (Phi) is 9.91. The zero-order valence-electron chi connectivity index (χ0n) is 17.1. The molecule has 29 heteroatoms. The third-order valence-electron chi connectivity index (χ3n) is 4.15. The molecule has 1 N–H and O–H groups in total. The van der Waals surface area contributed by atoms with Crippen molar-refractivity contribution in [1.29, 1.82) is 0 Å². The normalized spacial score (nSPS) is 16.8. The molecule has 0 atom stereocenters. The van der Waals surface area contributed by atoms with Gasteiger partial charge in [-0.3, -0.25) is 0 Å². The number of alkyl halides is 26. The minimum Gasteiger partial charge on any atom is -0.198 e. The van der Waals surface area contributed by atoms with E-state index in [2.05, 4.69) is 0 Å². The molecule has 0 spiro atoms. The molecule has 0 aliphatic carbocycles. The summed E-state index contributed by atoms with van der Waals surface area (Å²) in [4.78, 5) is 0. The van der Waals surface area contributed by atoms with Gasteiger partial charge in [-0.2, -0.15) is 118 Å². The molecule has 0 aliphatic rings. The van der Waals surface area contributed by atoms with Gasteiger partial charge in [0.1, 0.15) is 0 Å². The molecule has 0 aromatic carbocycles. The van der Waals surface area contributed by atoms with E-state index in [1.165, 1.54) is 0 Å². The second-order valence-electron chi connectivity index (χ2n) is 6.91. The second kappa shape index (κ2) is 10.2. The lowest BCUT2D eigenvalue weighted by Crippen LogP contribution is -2.70. The van der Waals surface area contributed by atoms with E-state index in [0.717, 1.165) is 0 Å². The maximum Gasteiger partial charge on any atom is 0.460 e. The highest BCUT2D eigenvalue weighted by Crippen LogP contribution is 2.64. The molecule has 0 aromatic rings. The average molecular weight is 717 g/mol. The van der Waals surface area contributed by atoms with Crippen LogP contribution in [0, 0.1) is 0 Å². The highest BCUT2D eigenvalue weighted by Gasteiger charge is 2.92. The number of nitrogens with one attached hydrogen (secondary N) is 1. The van der Waals surface area contributed by atoms with E-state index in [-0.39, 0.29) is 0 Å². The third kappa shape index (κ3) is 5.62. The lowest BCUT2D eigenvalue weighted by molar-refractivity contribution is -0.433. The average Bonchev–Trinajstić information content (AvgIpc) is 2.70. The van der Waals surface area contributed by atoms with Gasteiger partial charge in [0.25, 0.3) is 0 Å². The zero-order valence-corrected chi connectivity index (χ0v) is 18.8. The van der Waals surface area contributed by atoms with Gasteiger partial charge in [0.2, 0.25) is 0 Å². The van der Waals surface area contributed by atoms with Crippen LogP contribution in [-0.2, 0) is 0 Å². The first-order valence-electron chi connectivity index (χ1n) is 8.23. The van der Waals surface area contributed by atoms with Crippen molar-refractivity contribution in [3.05, 3.63) is 0 Å². The highest BCUT2D eigenvalue weighted by atomic mass is 32.2. The van der Waals surface area contributed by atoms with Gasteiger partial charge in [-0.15, -0.1) is 0 Å². The highest BCUT2D eigenvalue weighted by molar-refractivity contribution is 8.13. The van der Waals surface area contributed by atoms with E-state index in [1.54, 1.807) is 0 Å². The van der Waals surface area contributed by atoms with E-state index in [4.69, 9.17) is 0 Å². The largest absolute Gasteiger partial charge is 0.460 e. The van der Waals surface area contributed by atoms with Crippen LogP contribution < -0.4 is 4.13 Å².